The first-order valence-electron chi connectivity index (χ1n) is 8.95. The molecule has 1 heterocycles. The average molecular weight is 343 g/mol. The van der Waals surface area contributed by atoms with Gasteiger partial charge in [0.25, 0.3) is 0 Å². The molecule has 1 N–H and O–H groups in total. The topological polar surface area (TPSA) is 46.1 Å². The second-order valence-corrected chi connectivity index (χ2v) is 6.23. The Labute approximate surface area is 151 Å². The predicted octanol–water partition coefficient (Wildman–Crippen LogP) is 2.17. The maximum absolute atomic E-state index is 5.46. The lowest BCUT2D eigenvalue weighted by atomic mass is 10.1. The molecule has 1 unspecified atom stereocenters. The van der Waals surface area contributed by atoms with E-state index in [1.165, 1.54) is 5.56 Å². The van der Waals surface area contributed by atoms with Crippen molar-refractivity contribution >= 4 is 5.96 Å². The summed E-state index contributed by atoms with van der Waals surface area (Å²) >= 11 is 0. The Hall–Kier alpha value is -2.19. The van der Waals surface area contributed by atoms with E-state index in [9.17, 15) is 0 Å². The summed E-state index contributed by atoms with van der Waals surface area (Å²) in [7, 11) is 2.09. The van der Waals surface area contributed by atoms with Gasteiger partial charge in [0.15, 0.2) is 5.96 Å². The van der Waals surface area contributed by atoms with E-state index in [0.717, 1.165) is 57.4 Å². The maximum Gasteiger partial charge on any atom is 0.193 e. The van der Waals surface area contributed by atoms with E-state index in [0.29, 0.717) is 12.5 Å². The lowest BCUT2D eigenvalue weighted by Gasteiger charge is -2.24. The first-order chi connectivity index (χ1) is 12.2. The van der Waals surface area contributed by atoms with Gasteiger partial charge in [0.1, 0.15) is 12.4 Å². The molecule has 0 aromatic heterocycles. The van der Waals surface area contributed by atoms with Crippen LogP contribution in [0, 0.1) is 18.3 Å². The van der Waals surface area contributed by atoms with Crippen LogP contribution in [0.15, 0.2) is 29.3 Å². The number of nitrogens with one attached hydrogen (secondary N) is 1. The van der Waals surface area contributed by atoms with E-state index in [2.05, 4.69) is 42.2 Å². The van der Waals surface area contributed by atoms with Gasteiger partial charge >= 0.3 is 0 Å². The molecule has 5 nitrogen and oxygen atoms in total. The second-order valence-electron chi connectivity index (χ2n) is 6.23. The third kappa shape index (κ3) is 6.67. The number of guanidine groups is 1. The number of terminal acetylenes is 1. The summed E-state index contributed by atoms with van der Waals surface area (Å²) in [5, 5.41) is 3.37. The van der Waals surface area contributed by atoms with Gasteiger partial charge in [-0.05, 0) is 37.5 Å². The molecule has 25 heavy (non-hydrogen) atoms. The summed E-state index contributed by atoms with van der Waals surface area (Å²) in [6.07, 6.45) is 7.22. The zero-order valence-electron chi connectivity index (χ0n) is 15.3. The van der Waals surface area contributed by atoms with Gasteiger partial charge in [-0.25, -0.2) is 0 Å². The summed E-state index contributed by atoms with van der Waals surface area (Å²) in [4.78, 5) is 6.96. The smallest absolute Gasteiger partial charge is 0.193 e. The standard InChI is InChI=1S/C20H29N3O2/c1-4-13-25-19-8-6-17(7-9-19)10-12-22-20(21-5-2)23(3)15-18-11-14-24-16-18/h1,6-9,18H,5,10-16H2,2-3H3,(H,21,22). The van der Waals surface area contributed by atoms with Crippen LogP contribution in [0.3, 0.4) is 0 Å². The largest absolute Gasteiger partial charge is 0.481 e. The van der Waals surface area contributed by atoms with Gasteiger partial charge in [0.05, 0.1) is 6.61 Å². The van der Waals surface area contributed by atoms with Crippen molar-refractivity contribution in [3.8, 4) is 18.1 Å². The number of rotatable bonds is 8. The predicted molar refractivity (Wildman–Crippen MR) is 102 cm³/mol. The van der Waals surface area contributed by atoms with Crippen LogP contribution < -0.4 is 10.1 Å². The molecule has 1 aromatic carbocycles. The molecular weight excluding hydrogens is 314 g/mol. The van der Waals surface area contributed by atoms with E-state index in [1.54, 1.807) is 0 Å². The fourth-order valence-electron chi connectivity index (χ4n) is 2.84. The monoisotopic (exact) mass is 343 g/mol. The van der Waals surface area contributed by atoms with Crippen LogP contribution in [0.1, 0.15) is 18.9 Å². The third-order valence-electron chi connectivity index (χ3n) is 4.16. The zero-order chi connectivity index (χ0) is 17.9. The van der Waals surface area contributed by atoms with Gasteiger partial charge in [0, 0.05) is 39.2 Å². The quantitative estimate of drug-likeness (QED) is 0.446. The van der Waals surface area contributed by atoms with Crippen LogP contribution in [0.25, 0.3) is 0 Å². The third-order valence-corrected chi connectivity index (χ3v) is 4.16. The van der Waals surface area contributed by atoms with Crippen molar-refractivity contribution in [2.24, 2.45) is 10.9 Å². The van der Waals surface area contributed by atoms with Crippen molar-refractivity contribution in [3.05, 3.63) is 29.8 Å². The Morgan fingerprint density at radius 1 is 1.44 bits per heavy atom. The molecule has 1 fully saturated rings. The molecule has 0 bridgehead atoms. The Bertz CT molecular complexity index is 572. The molecule has 2 rings (SSSR count). The highest BCUT2D eigenvalue weighted by Crippen LogP contribution is 2.14. The van der Waals surface area contributed by atoms with Crippen LogP contribution in [0.4, 0.5) is 0 Å². The Morgan fingerprint density at radius 2 is 2.24 bits per heavy atom. The molecule has 1 aliphatic heterocycles. The van der Waals surface area contributed by atoms with Crippen LogP contribution in [-0.4, -0.2) is 57.4 Å². The minimum Gasteiger partial charge on any atom is -0.481 e. The molecule has 1 atom stereocenters. The highest BCUT2D eigenvalue weighted by Gasteiger charge is 2.18. The molecule has 0 saturated carbocycles. The van der Waals surface area contributed by atoms with Gasteiger partial charge < -0.3 is 19.7 Å². The van der Waals surface area contributed by atoms with Gasteiger partial charge in [-0.15, -0.1) is 6.42 Å². The van der Waals surface area contributed by atoms with Crippen LogP contribution in [0.2, 0.25) is 0 Å². The molecule has 136 valence electrons. The molecule has 1 aromatic rings. The summed E-state index contributed by atoms with van der Waals surface area (Å²) in [6.45, 7) is 6.73. The number of ether oxygens (including phenoxy) is 2. The van der Waals surface area contributed by atoms with Crippen molar-refractivity contribution in [2.75, 3.05) is 46.5 Å². The number of benzene rings is 1. The lowest BCUT2D eigenvalue weighted by molar-refractivity contribution is 0.181. The minimum atomic E-state index is 0.300. The first kappa shape index (κ1) is 19.1. The molecule has 5 heteroatoms. The van der Waals surface area contributed by atoms with Crippen molar-refractivity contribution in [1.82, 2.24) is 10.2 Å². The van der Waals surface area contributed by atoms with Crippen LogP contribution >= 0.6 is 0 Å². The SMILES string of the molecule is C#CCOc1ccc(CCN=C(NCC)N(C)CC2CCOC2)cc1. The highest BCUT2D eigenvalue weighted by atomic mass is 16.5. The van der Waals surface area contributed by atoms with E-state index in [4.69, 9.17) is 20.9 Å². The molecule has 1 aliphatic rings. The summed E-state index contributed by atoms with van der Waals surface area (Å²) < 4.78 is 10.9. The maximum atomic E-state index is 5.46. The van der Waals surface area contributed by atoms with Crippen molar-refractivity contribution < 1.29 is 9.47 Å². The number of hydrogen-bond acceptors (Lipinski definition) is 3. The number of nitrogens with zero attached hydrogens (tertiary/aromatic N) is 2. The van der Waals surface area contributed by atoms with Gasteiger partial charge in [-0.2, -0.15) is 0 Å². The summed E-state index contributed by atoms with van der Waals surface area (Å²) in [6, 6.07) is 8.03. The van der Waals surface area contributed by atoms with E-state index >= 15 is 0 Å². The Kier molecular flexibility index (Phi) is 8.14. The number of hydrogen-bond donors (Lipinski definition) is 1. The normalized spacial score (nSPS) is 17.2. The first-order valence-corrected chi connectivity index (χ1v) is 8.95. The molecule has 0 radical (unpaired) electrons. The Morgan fingerprint density at radius 3 is 2.88 bits per heavy atom. The average Bonchev–Trinajstić information content (AvgIpc) is 3.13. The summed E-state index contributed by atoms with van der Waals surface area (Å²) in [5.74, 6) is 4.83. The van der Waals surface area contributed by atoms with Crippen LogP contribution in [-0.2, 0) is 11.2 Å². The molecule has 0 amide bonds. The number of aliphatic imine (C=N–C) groups is 1. The molecule has 0 spiro atoms. The van der Waals surface area contributed by atoms with E-state index in [-0.39, 0.29) is 0 Å². The minimum absolute atomic E-state index is 0.300. The van der Waals surface area contributed by atoms with Gasteiger partial charge in [-0.3, -0.25) is 4.99 Å². The fraction of sp³-hybridized carbons (Fsp3) is 0.550. The Balaban J connectivity index is 1.84. The van der Waals surface area contributed by atoms with Gasteiger partial charge in [-0.1, -0.05) is 18.1 Å². The lowest BCUT2D eigenvalue weighted by Crippen LogP contribution is -2.41. The fourth-order valence-corrected chi connectivity index (χ4v) is 2.84. The molecular formula is C20H29N3O2. The van der Waals surface area contributed by atoms with Crippen molar-refractivity contribution in [1.29, 1.82) is 0 Å². The van der Waals surface area contributed by atoms with E-state index in [1.807, 2.05) is 12.1 Å². The molecule has 1 saturated heterocycles. The summed E-state index contributed by atoms with van der Waals surface area (Å²) in [5.41, 5.74) is 1.24. The second kappa shape index (κ2) is 10.6. The molecule has 0 aliphatic carbocycles. The highest BCUT2D eigenvalue weighted by molar-refractivity contribution is 5.79. The van der Waals surface area contributed by atoms with E-state index < -0.39 is 0 Å². The van der Waals surface area contributed by atoms with Gasteiger partial charge in [0.2, 0.25) is 0 Å². The van der Waals surface area contributed by atoms with Crippen molar-refractivity contribution in [2.45, 2.75) is 19.8 Å². The zero-order valence-corrected chi connectivity index (χ0v) is 15.3. The van der Waals surface area contributed by atoms with Crippen LogP contribution in [0.5, 0.6) is 5.75 Å². The van der Waals surface area contributed by atoms with Crippen molar-refractivity contribution in [3.63, 3.8) is 0 Å².